The van der Waals surface area contributed by atoms with Crippen LogP contribution in [0.25, 0.3) is 0 Å². The third-order valence-electron chi connectivity index (χ3n) is 5.72. The summed E-state index contributed by atoms with van der Waals surface area (Å²) in [5.74, 6) is 2.60. The molecule has 5 heteroatoms. The Morgan fingerprint density at radius 2 is 1.89 bits per heavy atom. The number of aromatic nitrogens is 2. The normalized spacial score (nSPS) is 20.1. The van der Waals surface area contributed by atoms with Gasteiger partial charge in [0, 0.05) is 35.5 Å². The van der Waals surface area contributed by atoms with Crippen molar-refractivity contribution < 1.29 is 9.47 Å². The summed E-state index contributed by atoms with van der Waals surface area (Å²) in [6, 6.07) is 4.41. The topological polar surface area (TPSA) is 56.3 Å². The predicted molar refractivity (Wildman–Crippen MR) is 110 cm³/mol. The number of nitrogens with one attached hydrogen (secondary N) is 1. The Morgan fingerprint density at radius 1 is 1.18 bits per heavy atom. The number of ether oxygens (including phenoxy) is 2. The van der Waals surface area contributed by atoms with Crippen LogP contribution < -0.4 is 14.8 Å². The first-order chi connectivity index (χ1) is 13.1. The van der Waals surface area contributed by atoms with Crippen LogP contribution >= 0.6 is 0 Å². The van der Waals surface area contributed by atoms with E-state index in [2.05, 4.69) is 59.0 Å². The zero-order valence-electron chi connectivity index (χ0n) is 17.8. The Balaban J connectivity index is 1.59. The Bertz CT molecular complexity index is 899. The Kier molecular flexibility index (Phi) is 4.61. The summed E-state index contributed by atoms with van der Waals surface area (Å²) in [4.78, 5) is 9.66. The molecule has 1 aliphatic carbocycles. The number of hydrogen-bond donors (Lipinski definition) is 1. The van der Waals surface area contributed by atoms with Crippen LogP contribution in [0.2, 0.25) is 0 Å². The number of hydrogen-bond acceptors (Lipinski definition) is 5. The highest BCUT2D eigenvalue weighted by atomic mass is 16.7. The number of rotatable bonds is 3. The van der Waals surface area contributed by atoms with Crippen LogP contribution in [-0.2, 0) is 18.4 Å². The molecule has 5 nitrogen and oxygen atoms in total. The number of aryl methyl sites for hydroxylation is 1. The van der Waals surface area contributed by atoms with E-state index in [1.54, 1.807) is 0 Å². The average molecular weight is 382 g/mol. The van der Waals surface area contributed by atoms with E-state index < -0.39 is 0 Å². The van der Waals surface area contributed by atoms with Gasteiger partial charge in [-0.2, -0.15) is 0 Å². The van der Waals surface area contributed by atoms with Crippen molar-refractivity contribution in [2.45, 2.75) is 72.4 Å². The van der Waals surface area contributed by atoms with E-state index in [1.165, 1.54) is 22.4 Å². The lowest BCUT2D eigenvalue weighted by atomic mass is 9.74. The molecule has 150 valence electrons. The second-order valence-corrected chi connectivity index (χ2v) is 9.96. The SMILES string of the molecule is Cc1cc2c(cc1CN[C@H]1CC(C)(C)Cc3nc(C(C)(C)C)ncc31)OCO2. The van der Waals surface area contributed by atoms with Gasteiger partial charge in [-0.3, -0.25) is 0 Å². The highest BCUT2D eigenvalue weighted by Gasteiger charge is 2.34. The minimum absolute atomic E-state index is 0.0385. The monoisotopic (exact) mass is 381 g/mol. The zero-order chi connectivity index (χ0) is 20.1. The first kappa shape index (κ1) is 19.2. The molecule has 2 heterocycles. The zero-order valence-corrected chi connectivity index (χ0v) is 17.8. The molecule has 0 spiro atoms. The lowest BCUT2D eigenvalue weighted by Crippen LogP contribution is -2.35. The van der Waals surface area contributed by atoms with Gasteiger partial charge in [-0.05, 0) is 48.4 Å². The van der Waals surface area contributed by atoms with E-state index in [0.29, 0.717) is 6.79 Å². The molecule has 0 saturated heterocycles. The van der Waals surface area contributed by atoms with Crippen LogP contribution in [0.15, 0.2) is 18.3 Å². The van der Waals surface area contributed by atoms with E-state index in [4.69, 9.17) is 19.4 Å². The average Bonchev–Trinajstić information content (AvgIpc) is 3.04. The summed E-state index contributed by atoms with van der Waals surface area (Å²) >= 11 is 0. The molecule has 1 aliphatic heterocycles. The van der Waals surface area contributed by atoms with Crippen LogP contribution in [-0.4, -0.2) is 16.8 Å². The minimum Gasteiger partial charge on any atom is -0.454 e. The third-order valence-corrected chi connectivity index (χ3v) is 5.72. The first-order valence-electron chi connectivity index (χ1n) is 10.1. The summed E-state index contributed by atoms with van der Waals surface area (Å²) in [6.45, 7) is 14.4. The lowest BCUT2D eigenvalue weighted by molar-refractivity contribution is 0.174. The maximum atomic E-state index is 5.55. The van der Waals surface area contributed by atoms with Gasteiger partial charge in [0.15, 0.2) is 11.5 Å². The number of nitrogens with zero attached hydrogens (tertiary/aromatic N) is 2. The molecular formula is C23H31N3O2. The molecule has 0 saturated carbocycles. The Labute approximate surface area is 167 Å². The van der Waals surface area contributed by atoms with Crippen molar-refractivity contribution in [3.8, 4) is 11.5 Å². The third kappa shape index (κ3) is 3.72. The van der Waals surface area contributed by atoms with Crippen molar-refractivity contribution in [1.29, 1.82) is 0 Å². The summed E-state index contributed by atoms with van der Waals surface area (Å²) in [5, 5.41) is 3.76. The molecule has 1 aromatic heterocycles. The van der Waals surface area contributed by atoms with Gasteiger partial charge in [-0.15, -0.1) is 0 Å². The summed E-state index contributed by atoms with van der Waals surface area (Å²) in [7, 11) is 0. The van der Waals surface area contributed by atoms with Crippen molar-refractivity contribution in [3.63, 3.8) is 0 Å². The van der Waals surface area contributed by atoms with Gasteiger partial charge in [-0.1, -0.05) is 34.6 Å². The molecule has 2 aliphatic rings. The fourth-order valence-corrected chi connectivity index (χ4v) is 4.10. The van der Waals surface area contributed by atoms with Crippen molar-refractivity contribution in [1.82, 2.24) is 15.3 Å². The van der Waals surface area contributed by atoms with Gasteiger partial charge in [-0.25, -0.2) is 9.97 Å². The van der Waals surface area contributed by atoms with Crippen LogP contribution in [0.5, 0.6) is 11.5 Å². The van der Waals surface area contributed by atoms with Crippen LogP contribution in [0.3, 0.4) is 0 Å². The Hall–Kier alpha value is -2.14. The molecule has 0 bridgehead atoms. The molecule has 28 heavy (non-hydrogen) atoms. The molecule has 2 aromatic rings. The smallest absolute Gasteiger partial charge is 0.231 e. The Morgan fingerprint density at radius 3 is 2.61 bits per heavy atom. The van der Waals surface area contributed by atoms with Gasteiger partial charge in [0.2, 0.25) is 6.79 Å². The second-order valence-electron chi connectivity index (χ2n) is 9.96. The fourth-order valence-electron chi connectivity index (χ4n) is 4.10. The summed E-state index contributed by atoms with van der Waals surface area (Å²) in [6.07, 6.45) is 4.11. The van der Waals surface area contributed by atoms with E-state index in [0.717, 1.165) is 36.7 Å². The molecule has 1 aromatic carbocycles. The first-order valence-corrected chi connectivity index (χ1v) is 10.1. The van der Waals surface area contributed by atoms with Gasteiger partial charge in [0.25, 0.3) is 0 Å². The molecule has 0 radical (unpaired) electrons. The molecule has 0 unspecified atom stereocenters. The van der Waals surface area contributed by atoms with Gasteiger partial charge >= 0.3 is 0 Å². The van der Waals surface area contributed by atoms with E-state index in [9.17, 15) is 0 Å². The van der Waals surface area contributed by atoms with Crippen molar-refractivity contribution in [3.05, 3.63) is 46.5 Å². The minimum atomic E-state index is -0.0385. The molecule has 4 rings (SSSR count). The molecular weight excluding hydrogens is 350 g/mol. The van der Waals surface area contributed by atoms with Crippen molar-refractivity contribution >= 4 is 0 Å². The standard InChI is InChI=1S/C23H31N3O2/c1-14-7-19-20(28-13-27-19)8-15(14)11-24-17-9-23(5,6)10-18-16(17)12-25-21(26-18)22(2,3)4/h7-8,12,17,24H,9-11,13H2,1-6H3/t17-/m0/s1. The quantitative estimate of drug-likeness (QED) is 0.841. The van der Waals surface area contributed by atoms with E-state index >= 15 is 0 Å². The number of fused-ring (bicyclic) bond motifs is 2. The van der Waals surface area contributed by atoms with Crippen LogP contribution in [0, 0.1) is 12.3 Å². The van der Waals surface area contributed by atoms with E-state index in [1.807, 2.05) is 6.20 Å². The summed E-state index contributed by atoms with van der Waals surface area (Å²) in [5.41, 5.74) is 5.05. The van der Waals surface area contributed by atoms with Crippen molar-refractivity contribution in [2.75, 3.05) is 6.79 Å². The van der Waals surface area contributed by atoms with Gasteiger partial charge in [0.05, 0.1) is 0 Å². The highest BCUT2D eigenvalue weighted by molar-refractivity contribution is 5.48. The number of benzene rings is 1. The molecule has 0 fully saturated rings. The largest absolute Gasteiger partial charge is 0.454 e. The lowest BCUT2D eigenvalue weighted by Gasteiger charge is -2.37. The van der Waals surface area contributed by atoms with Gasteiger partial charge in [0.1, 0.15) is 5.82 Å². The predicted octanol–water partition coefficient (Wildman–Crippen LogP) is 4.61. The highest BCUT2D eigenvalue weighted by Crippen LogP contribution is 2.41. The van der Waals surface area contributed by atoms with Crippen molar-refractivity contribution in [2.24, 2.45) is 5.41 Å². The van der Waals surface area contributed by atoms with Crippen LogP contribution in [0.1, 0.15) is 75.3 Å². The summed E-state index contributed by atoms with van der Waals surface area (Å²) < 4.78 is 11.0. The second kappa shape index (κ2) is 6.73. The van der Waals surface area contributed by atoms with E-state index in [-0.39, 0.29) is 16.9 Å². The van der Waals surface area contributed by atoms with Gasteiger partial charge < -0.3 is 14.8 Å². The maximum Gasteiger partial charge on any atom is 0.231 e. The molecule has 1 atom stereocenters. The molecule has 1 N–H and O–H groups in total. The maximum absolute atomic E-state index is 5.55. The molecule has 0 amide bonds. The fraction of sp³-hybridized carbons (Fsp3) is 0.565. The van der Waals surface area contributed by atoms with Crippen LogP contribution in [0.4, 0.5) is 0 Å².